The van der Waals surface area contributed by atoms with Crippen molar-refractivity contribution in [2.24, 2.45) is 11.7 Å². The maximum atomic E-state index is 11.5. The molecule has 1 rings (SSSR count). The molecule has 0 radical (unpaired) electrons. The van der Waals surface area contributed by atoms with Crippen molar-refractivity contribution in [3.8, 4) is 0 Å². The van der Waals surface area contributed by atoms with Crippen molar-refractivity contribution in [2.45, 2.75) is 45.1 Å². The topological polar surface area (TPSA) is 81.4 Å². The molecule has 3 N–H and O–H groups in total. The van der Waals surface area contributed by atoms with Crippen LogP contribution in [-0.4, -0.2) is 31.1 Å². The van der Waals surface area contributed by atoms with Crippen molar-refractivity contribution >= 4 is 11.9 Å². The minimum absolute atomic E-state index is 0.0109. The summed E-state index contributed by atoms with van der Waals surface area (Å²) in [5.41, 5.74) is 4.95. The molecule has 0 aromatic rings. The highest BCUT2D eigenvalue weighted by Gasteiger charge is 2.26. The average Bonchev–Trinajstić information content (AvgIpc) is 2.29. The van der Waals surface area contributed by atoms with Crippen LogP contribution in [0.25, 0.3) is 0 Å². The maximum absolute atomic E-state index is 11.5. The second-order valence-corrected chi connectivity index (χ2v) is 4.55. The van der Waals surface area contributed by atoms with Crippen LogP contribution in [0.1, 0.15) is 39.0 Å². The van der Waals surface area contributed by atoms with Crippen LogP contribution in [0.2, 0.25) is 0 Å². The zero-order valence-electron chi connectivity index (χ0n) is 10.4. The van der Waals surface area contributed by atoms with Gasteiger partial charge >= 0.3 is 5.97 Å². The van der Waals surface area contributed by atoms with Gasteiger partial charge in [0.25, 0.3) is 0 Å². The molecule has 0 aliphatic heterocycles. The molecule has 0 heterocycles. The SMILES string of the molecule is CCC1CCCCC1OC(=O)CNCC(N)=O. The summed E-state index contributed by atoms with van der Waals surface area (Å²) in [4.78, 5) is 22.0. The van der Waals surface area contributed by atoms with Crippen molar-refractivity contribution < 1.29 is 14.3 Å². The van der Waals surface area contributed by atoms with E-state index in [0.29, 0.717) is 5.92 Å². The molecule has 0 aromatic heterocycles. The highest BCUT2D eigenvalue weighted by atomic mass is 16.5. The van der Waals surface area contributed by atoms with Gasteiger partial charge in [0.2, 0.25) is 5.91 Å². The lowest BCUT2D eigenvalue weighted by Gasteiger charge is -2.30. The second-order valence-electron chi connectivity index (χ2n) is 4.55. The van der Waals surface area contributed by atoms with Gasteiger partial charge in [-0.25, -0.2) is 0 Å². The Morgan fingerprint density at radius 3 is 2.65 bits per heavy atom. The van der Waals surface area contributed by atoms with E-state index >= 15 is 0 Å². The predicted octanol–water partition coefficient (Wildman–Crippen LogP) is 0.573. The van der Waals surface area contributed by atoms with Crippen molar-refractivity contribution in [1.29, 1.82) is 0 Å². The summed E-state index contributed by atoms with van der Waals surface area (Å²) in [6, 6.07) is 0. The van der Waals surface area contributed by atoms with Crippen LogP contribution in [0.5, 0.6) is 0 Å². The van der Waals surface area contributed by atoms with Crippen molar-refractivity contribution in [3.05, 3.63) is 0 Å². The Balaban J connectivity index is 2.26. The first kappa shape index (κ1) is 14.0. The fourth-order valence-electron chi connectivity index (χ4n) is 2.29. The summed E-state index contributed by atoms with van der Waals surface area (Å²) >= 11 is 0. The first-order valence-corrected chi connectivity index (χ1v) is 6.32. The number of amides is 1. The molecule has 2 unspecified atom stereocenters. The number of nitrogens with one attached hydrogen (secondary N) is 1. The van der Waals surface area contributed by atoms with Crippen LogP contribution < -0.4 is 11.1 Å². The van der Waals surface area contributed by atoms with Crippen LogP contribution in [-0.2, 0) is 14.3 Å². The summed E-state index contributed by atoms with van der Waals surface area (Å²) in [7, 11) is 0. The molecule has 98 valence electrons. The van der Waals surface area contributed by atoms with Gasteiger partial charge in [-0.1, -0.05) is 13.3 Å². The molecule has 5 nitrogen and oxygen atoms in total. The van der Waals surface area contributed by atoms with Gasteiger partial charge in [0.15, 0.2) is 0 Å². The summed E-state index contributed by atoms with van der Waals surface area (Å²) in [5, 5.41) is 2.66. The number of esters is 1. The number of carbonyl (C=O) groups is 2. The van der Waals surface area contributed by atoms with E-state index in [1.165, 1.54) is 6.42 Å². The number of nitrogens with two attached hydrogens (primary N) is 1. The third kappa shape index (κ3) is 5.17. The number of hydrogen-bond acceptors (Lipinski definition) is 4. The molecule has 1 aliphatic rings. The number of carbonyl (C=O) groups excluding carboxylic acids is 2. The summed E-state index contributed by atoms with van der Waals surface area (Å²) in [6.07, 6.45) is 5.56. The van der Waals surface area contributed by atoms with E-state index in [1.54, 1.807) is 0 Å². The van der Waals surface area contributed by atoms with Gasteiger partial charge in [0.05, 0.1) is 13.1 Å². The molecule has 0 saturated heterocycles. The zero-order chi connectivity index (χ0) is 12.7. The number of ether oxygens (including phenoxy) is 1. The molecular formula is C12H22N2O3. The van der Waals surface area contributed by atoms with Gasteiger partial charge in [-0.2, -0.15) is 0 Å². The molecule has 5 heteroatoms. The Bertz CT molecular complexity index is 268. The van der Waals surface area contributed by atoms with Crippen LogP contribution in [0.15, 0.2) is 0 Å². The van der Waals surface area contributed by atoms with Gasteiger partial charge in [0.1, 0.15) is 6.10 Å². The summed E-state index contributed by atoms with van der Waals surface area (Å²) in [5.74, 6) is -0.276. The predicted molar refractivity (Wildman–Crippen MR) is 64.2 cm³/mol. The van der Waals surface area contributed by atoms with Crippen molar-refractivity contribution in [2.75, 3.05) is 13.1 Å². The van der Waals surface area contributed by atoms with Crippen molar-refractivity contribution in [1.82, 2.24) is 5.32 Å². The smallest absolute Gasteiger partial charge is 0.320 e. The van der Waals surface area contributed by atoms with Crippen molar-refractivity contribution in [3.63, 3.8) is 0 Å². The van der Waals surface area contributed by atoms with Crippen LogP contribution in [0.3, 0.4) is 0 Å². The fourth-order valence-corrected chi connectivity index (χ4v) is 2.29. The number of primary amides is 1. The Hall–Kier alpha value is -1.10. The molecule has 0 bridgehead atoms. The molecule has 2 atom stereocenters. The van der Waals surface area contributed by atoms with Gasteiger partial charge in [0, 0.05) is 0 Å². The van der Waals surface area contributed by atoms with Crippen LogP contribution in [0, 0.1) is 5.92 Å². The molecule has 0 spiro atoms. The maximum Gasteiger partial charge on any atom is 0.320 e. The molecule has 1 amide bonds. The Morgan fingerprint density at radius 1 is 1.29 bits per heavy atom. The summed E-state index contributed by atoms with van der Waals surface area (Å²) in [6.45, 7) is 2.19. The van der Waals surface area contributed by atoms with Crippen LogP contribution >= 0.6 is 0 Å². The Kier molecular flexibility index (Phi) is 5.97. The van der Waals surface area contributed by atoms with E-state index in [9.17, 15) is 9.59 Å². The lowest BCUT2D eigenvalue weighted by molar-refractivity contribution is -0.152. The molecule has 1 fully saturated rings. The standard InChI is InChI=1S/C12H22N2O3/c1-2-9-5-3-4-6-10(9)17-12(16)8-14-7-11(13)15/h9-10,14H,2-8H2,1H3,(H2,13,15). The molecular weight excluding hydrogens is 220 g/mol. The molecule has 0 aromatic carbocycles. The van der Waals surface area contributed by atoms with Gasteiger partial charge in [-0.3, -0.25) is 14.9 Å². The van der Waals surface area contributed by atoms with E-state index in [2.05, 4.69) is 12.2 Å². The molecule has 1 saturated carbocycles. The van der Waals surface area contributed by atoms with E-state index < -0.39 is 5.91 Å². The van der Waals surface area contributed by atoms with Gasteiger partial charge in [-0.15, -0.1) is 0 Å². The minimum atomic E-state index is -0.470. The highest BCUT2D eigenvalue weighted by Crippen LogP contribution is 2.29. The van der Waals surface area contributed by atoms with Gasteiger partial charge < -0.3 is 10.5 Å². The summed E-state index contributed by atoms with van der Waals surface area (Å²) < 4.78 is 5.42. The average molecular weight is 242 g/mol. The minimum Gasteiger partial charge on any atom is -0.461 e. The normalized spacial score (nSPS) is 24.3. The Morgan fingerprint density at radius 2 is 2.00 bits per heavy atom. The highest BCUT2D eigenvalue weighted by molar-refractivity contribution is 5.77. The first-order valence-electron chi connectivity index (χ1n) is 6.32. The lowest BCUT2D eigenvalue weighted by atomic mass is 9.85. The van der Waals surface area contributed by atoms with E-state index in [-0.39, 0.29) is 25.2 Å². The van der Waals surface area contributed by atoms with E-state index in [0.717, 1.165) is 25.7 Å². The van der Waals surface area contributed by atoms with Crippen LogP contribution in [0.4, 0.5) is 0 Å². The lowest BCUT2D eigenvalue weighted by Crippen LogP contribution is -2.36. The van der Waals surface area contributed by atoms with Gasteiger partial charge in [-0.05, 0) is 31.6 Å². The third-order valence-electron chi connectivity index (χ3n) is 3.22. The Labute approximate surface area is 102 Å². The monoisotopic (exact) mass is 242 g/mol. The quantitative estimate of drug-likeness (QED) is 0.667. The first-order chi connectivity index (χ1) is 8.13. The zero-order valence-corrected chi connectivity index (χ0v) is 10.4. The second kappa shape index (κ2) is 7.27. The largest absolute Gasteiger partial charge is 0.461 e. The van der Waals surface area contributed by atoms with E-state index in [4.69, 9.17) is 10.5 Å². The number of hydrogen-bond donors (Lipinski definition) is 2. The molecule has 1 aliphatic carbocycles. The van der Waals surface area contributed by atoms with E-state index in [1.807, 2.05) is 0 Å². The molecule has 17 heavy (non-hydrogen) atoms. The number of rotatable bonds is 6. The fraction of sp³-hybridized carbons (Fsp3) is 0.833. The third-order valence-corrected chi connectivity index (χ3v) is 3.22.